The van der Waals surface area contributed by atoms with E-state index in [1.807, 2.05) is 24.3 Å². The van der Waals surface area contributed by atoms with Crippen molar-refractivity contribution in [3.8, 4) is 0 Å². The molecule has 0 aromatic heterocycles. The summed E-state index contributed by atoms with van der Waals surface area (Å²) in [6.07, 6.45) is 3.63. The molecule has 154 valence electrons. The van der Waals surface area contributed by atoms with Crippen LogP contribution in [0, 0.1) is 5.82 Å². The highest BCUT2D eigenvalue weighted by Crippen LogP contribution is 2.25. The molecular weight excluding hydrogens is 367 g/mol. The molecule has 5 nitrogen and oxygen atoms in total. The summed E-state index contributed by atoms with van der Waals surface area (Å²) in [5.41, 5.74) is 2.36. The molecule has 2 N–H and O–H groups in total. The Labute approximate surface area is 172 Å². The number of amides is 1. The number of nitrogens with zero attached hydrogens (tertiary/aromatic N) is 2. The van der Waals surface area contributed by atoms with E-state index in [1.54, 1.807) is 6.07 Å². The number of hydrogen-bond acceptors (Lipinski definition) is 3. The van der Waals surface area contributed by atoms with E-state index >= 15 is 0 Å². The molecule has 0 saturated carbocycles. The fourth-order valence-corrected chi connectivity index (χ4v) is 4.35. The van der Waals surface area contributed by atoms with Gasteiger partial charge in [-0.05, 0) is 49.6 Å². The van der Waals surface area contributed by atoms with Crippen molar-refractivity contribution in [3.05, 3.63) is 54.3 Å². The van der Waals surface area contributed by atoms with Gasteiger partial charge in [-0.3, -0.25) is 4.79 Å². The van der Waals surface area contributed by atoms with Crippen molar-refractivity contribution in [1.29, 1.82) is 0 Å². The third-order valence-corrected chi connectivity index (χ3v) is 5.94. The van der Waals surface area contributed by atoms with Crippen LogP contribution in [-0.2, 0) is 4.79 Å². The van der Waals surface area contributed by atoms with Gasteiger partial charge in [-0.25, -0.2) is 4.39 Å². The average molecular weight is 398 g/mol. The quantitative estimate of drug-likeness (QED) is 0.812. The molecule has 0 aliphatic carbocycles. The lowest BCUT2D eigenvalue weighted by molar-refractivity contribution is -0.896. The molecular formula is C23H30FN4O+. The molecule has 2 saturated heterocycles. The summed E-state index contributed by atoms with van der Waals surface area (Å²) >= 11 is 0. The van der Waals surface area contributed by atoms with E-state index in [9.17, 15) is 9.18 Å². The van der Waals surface area contributed by atoms with Crippen LogP contribution in [0.4, 0.5) is 21.5 Å². The first kappa shape index (κ1) is 19.7. The van der Waals surface area contributed by atoms with E-state index < -0.39 is 0 Å². The topological polar surface area (TPSA) is 40.0 Å². The molecule has 29 heavy (non-hydrogen) atoms. The van der Waals surface area contributed by atoms with Crippen LogP contribution in [0.15, 0.2) is 48.5 Å². The van der Waals surface area contributed by atoms with E-state index in [0.717, 1.165) is 39.3 Å². The smallest absolute Gasteiger partial charge is 0.279 e. The first-order chi connectivity index (χ1) is 14.2. The SMILES string of the molecule is O=C(C[NH+]1CCCCC1)Nc1ccc(N2CCN(c3ccccc3)CC2)c(F)c1. The van der Waals surface area contributed by atoms with Crippen molar-refractivity contribution < 1.29 is 14.1 Å². The normalized spacial score (nSPS) is 18.0. The minimum absolute atomic E-state index is 0.0366. The number of likely N-dealkylation sites (tertiary alicyclic amines) is 1. The Balaban J connectivity index is 1.32. The van der Waals surface area contributed by atoms with Crippen molar-refractivity contribution in [2.45, 2.75) is 19.3 Å². The standard InChI is InChI=1S/C23H29FN4O/c24-21-17-19(25-23(29)18-26-11-5-2-6-12-26)9-10-22(21)28-15-13-27(14-16-28)20-7-3-1-4-8-20/h1,3-4,7-10,17H,2,5-6,11-16,18H2,(H,25,29)/p+1. The number of halogens is 1. The fourth-order valence-electron chi connectivity index (χ4n) is 4.35. The molecule has 1 amide bonds. The second-order valence-corrected chi connectivity index (χ2v) is 8.01. The molecule has 0 bridgehead atoms. The molecule has 0 spiro atoms. The Kier molecular flexibility index (Phi) is 6.30. The number of benzene rings is 2. The van der Waals surface area contributed by atoms with Gasteiger partial charge in [0, 0.05) is 37.6 Å². The highest BCUT2D eigenvalue weighted by Gasteiger charge is 2.21. The summed E-state index contributed by atoms with van der Waals surface area (Å²) in [6, 6.07) is 15.4. The number of hydrogen-bond donors (Lipinski definition) is 2. The monoisotopic (exact) mass is 397 g/mol. The van der Waals surface area contributed by atoms with Crippen LogP contribution in [0.1, 0.15) is 19.3 Å². The van der Waals surface area contributed by atoms with Crippen molar-refractivity contribution in [2.24, 2.45) is 0 Å². The number of carbonyl (C=O) groups is 1. The molecule has 0 radical (unpaired) electrons. The maximum absolute atomic E-state index is 14.8. The Morgan fingerprint density at radius 1 is 0.931 bits per heavy atom. The van der Waals surface area contributed by atoms with E-state index in [1.165, 1.54) is 35.9 Å². The molecule has 2 aliphatic heterocycles. The number of rotatable bonds is 5. The highest BCUT2D eigenvalue weighted by molar-refractivity contribution is 5.91. The third-order valence-electron chi connectivity index (χ3n) is 5.94. The first-order valence-electron chi connectivity index (χ1n) is 10.7. The number of piperidine rings is 1. The predicted octanol–water partition coefficient (Wildman–Crippen LogP) is 2.16. The van der Waals surface area contributed by atoms with Crippen LogP contribution in [-0.4, -0.2) is 51.7 Å². The van der Waals surface area contributed by atoms with Crippen molar-refractivity contribution >= 4 is 23.0 Å². The van der Waals surface area contributed by atoms with Gasteiger partial charge in [-0.15, -0.1) is 0 Å². The predicted molar refractivity (Wildman–Crippen MR) is 115 cm³/mol. The lowest BCUT2D eigenvalue weighted by atomic mass is 10.1. The third kappa shape index (κ3) is 5.07. The largest absolute Gasteiger partial charge is 0.368 e. The number of anilines is 3. The second kappa shape index (κ2) is 9.27. The zero-order chi connectivity index (χ0) is 20.1. The molecule has 0 atom stereocenters. The van der Waals surface area contributed by atoms with Gasteiger partial charge in [0.05, 0.1) is 18.8 Å². The highest BCUT2D eigenvalue weighted by atomic mass is 19.1. The van der Waals surface area contributed by atoms with E-state index in [2.05, 4.69) is 27.2 Å². The summed E-state index contributed by atoms with van der Waals surface area (Å²) in [6.45, 7) is 5.84. The number of carbonyl (C=O) groups excluding carboxylic acids is 1. The number of piperazine rings is 1. The van der Waals surface area contributed by atoms with Crippen LogP contribution in [0.2, 0.25) is 0 Å². The van der Waals surface area contributed by atoms with Gasteiger partial charge < -0.3 is 20.0 Å². The van der Waals surface area contributed by atoms with Crippen molar-refractivity contribution in [3.63, 3.8) is 0 Å². The molecule has 2 aliphatic rings. The van der Waals surface area contributed by atoms with Gasteiger partial charge in [0.15, 0.2) is 6.54 Å². The summed E-state index contributed by atoms with van der Waals surface area (Å²) in [5, 5.41) is 2.86. The van der Waals surface area contributed by atoms with Gasteiger partial charge in [0.25, 0.3) is 5.91 Å². The minimum Gasteiger partial charge on any atom is -0.368 e. The first-order valence-corrected chi connectivity index (χ1v) is 10.7. The van der Waals surface area contributed by atoms with Crippen LogP contribution in [0.25, 0.3) is 0 Å². The van der Waals surface area contributed by atoms with Gasteiger partial charge in [-0.2, -0.15) is 0 Å². The van der Waals surface area contributed by atoms with Gasteiger partial charge in [0.1, 0.15) is 5.82 Å². The molecule has 2 aromatic rings. The molecule has 6 heteroatoms. The zero-order valence-electron chi connectivity index (χ0n) is 16.9. The molecule has 2 aromatic carbocycles. The Morgan fingerprint density at radius 3 is 2.31 bits per heavy atom. The average Bonchev–Trinajstić information content (AvgIpc) is 2.75. The van der Waals surface area contributed by atoms with Crippen LogP contribution < -0.4 is 20.0 Å². The van der Waals surface area contributed by atoms with Crippen molar-refractivity contribution in [1.82, 2.24) is 0 Å². The van der Waals surface area contributed by atoms with E-state index in [-0.39, 0.29) is 11.7 Å². The van der Waals surface area contributed by atoms with E-state index in [0.29, 0.717) is 17.9 Å². The maximum Gasteiger partial charge on any atom is 0.279 e. The Morgan fingerprint density at radius 2 is 1.62 bits per heavy atom. The zero-order valence-corrected chi connectivity index (χ0v) is 16.9. The summed E-state index contributed by atoms with van der Waals surface area (Å²) in [5.74, 6) is -0.313. The van der Waals surface area contributed by atoms with Gasteiger partial charge in [0.2, 0.25) is 0 Å². The van der Waals surface area contributed by atoms with Crippen LogP contribution in [0.3, 0.4) is 0 Å². The number of nitrogens with one attached hydrogen (secondary N) is 2. The number of para-hydroxylation sites is 1. The molecule has 2 heterocycles. The van der Waals surface area contributed by atoms with Crippen LogP contribution in [0.5, 0.6) is 0 Å². The summed E-state index contributed by atoms with van der Waals surface area (Å²) < 4.78 is 14.8. The maximum atomic E-state index is 14.8. The van der Waals surface area contributed by atoms with Gasteiger partial charge >= 0.3 is 0 Å². The van der Waals surface area contributed by atoms with Gasteiger partial charge in [-0.1, -0.05) is 18.2 Å². The minimum atomic E-state index is -0.277. The Bertz CT molecular complexity index is 815. The lowest BCUT2D eigenvalue weighted by Gasteiger charge is -2.37. The molecule has 0 unspecified atom stereocenters. The summed E-state index contributed by atoms with van der Waals surface area (Å²) in [4.78, 5) is 18.0. The fraction of sp³-hybridized carbons (Fsp3) is 0.435. The van der Waals surface area contributed by atoms with Crippen molar-refractivity contribution in [2.75, 3.05) is 60.9 Å². The number of quaternary nitrogens is 1. The van der Waals surface area contributed by atoms with Crippen LogP contribution >= 0.6 is 0 Å². The molecule has 4 rings (SSSR count). The molecule has 2 fully saturated rings. The van der Waals surface area contributed by atoms with E-state index in [4.69, 9.17) is 0 Å². The lowest BCUT2D eigenvalue weighted by Crippen LogP contribution is -3.13. The Hall–Kier alpha value is -2.60. The second-order valence-electron chi connectivity index (χ2n) is 8.01. The summed E-state index contributed by atoms with van der Waals surface area (Å²) in [7, 11) is 0.